The van der Waals surface area contributed by atoms with Crippen molar-refractivity contribution < 1.29 is 19.4 Å². The predicted octanol–water partition coefficient (Wildman–Crippen LogP) is 5.59. The summed E-state index contributed by atoms with van der Waals surface area (Å²) in [6, 6.07) is 6.84. The van der Waals surface area contributed by atoms with E-state index in [0.717, 1.165) is 65.2 Å². The summed E-state index contributed by atoms with van der Waals surface area (Å²) in [6.07, 6.45) is 3.67. The average molecular weight is 526 g/mol. The smallest absolute Gasteiger partial charge is 0.341 e. The summed E-state index contributed by atoms with van der Waals surface area (Å²) in [5.74, 6) is -0.157. The van der Waals surface area contributed by atoms with Crippen molar-refractivity contribution in [3.63, 3.8) is 0 Å². The van der Waals surface area contributed by atoms with Gasteiger partial charge in [-0.05, 0) is 99.5 Å². The Bertz CT molecular complexity index is 1300. The van der Waals surface area contributed by atoms with Crippen molar-refractivity contribution in [3.8, 4) is 16.2 Å². The van der Waals surface area contributed by atoms with Gasteiger partial charge >= 0.3 is 12.0 Å². The van der Waals surface area contributed by atoms with E-state index in [4.69, 9.17) is 4.74 Å². The highest BCUT2D eigenvalue weighted by Crippen LogP contribution is 2.41. The third kappa shape index (κ3) is 5.14. The molecule has 0 bridgehead atoms. The number of carbonyl (C=O) groups is 2. The minimum Gasteiger partial charge on any atom is -0.508 e. The topological polar surface area (TPSA) is 99.7 Å². The van der Waals surface area contributed by atoms with Gasteiger partial charge in [0.2, 0.25) is 0 Å². The number of rotatable bonds is 5. The van der Waals surface area contributed by atoms with Gasteiger partial charge in [0.05, 0.1) is 5.56 Å². The number of nitrogens with one attached hydrogen (secondary N) is 3. The molecule has 2 aliphatic rings. The molecule has 1 aliphatic carbocycles. The lowest BCUT2D eigenvalue weighted by molar-refractivity contribution is 0.00702. The molecule has 0 saturated heterocycles. The molecule has 0 atom stereocenters. The third-order valence-corrected chi connectivity index (χ3v) is 8.87. The monoisotopic (exact) mass is 525 g/mol. The summed E-state index contributed by atoms with van der Waals surface area (Å²) in [5.41, 5.74) is 4.32. The Hall–Kier alpha value is -2.88. The number of urea groups is 1. The van der Waals surface area contributed by atoms with Gasteiger partial charge in [0.25, 0.3) is 0 Å². The molecule has 4 N–H and O–H groups in total. The van der Waals surface area contributed by atoms with Gasteiger partial charge in [0.1, 0.15) is 16.4 Å². The summed E-state index contributed by atoms with van der Waals surface area (Å²) in [5, 5.41) is 19.7. The molecular formula is C27H31N3O4S2. The SMILES string of the molecule is CC(C)(C)OC(=O)c1c(NC(=O)NCc2c(-c3ccc(O)cc3)sc3c2CCNC3)sc2c1CCC2. The zero-order valence-corrected chi connectivity index (χ0v) is 22.4. The second-order valence-corrected chi connectivity index (χ2v) is 12.4. The fraction of sp³-hybridized carbons (Fsp3) is 0.407. The zero-order chi connectivity index (χ0) is 25.4. The number of ether oxygens (including phenoxy) is 1. The molecule has 5 rings (SSSR count). The minimum atomic E-state index is -0.610. The van der Waals surface area contributed by atoms with E-state index < -0.39 is 5.60 Å². The van der Waals surface area contributed by atoms with Crippen molar-refractivity contribution in [2.75, 3.05) is 11.9 Å². The molecule has 190 valence electrons. The molecule has 2 amide bonds. The van der Waals surface area contributed by atoms with Gasteiger partial charge in [-0.1, -0.05) is 0 Å². The number of fused-ring (bicyclic) bond motifs is 2. The minimum absolute atomic E-state index is 0.226. The number of amides is 2. The van der Waals surface area contributed by atoms with E-state index in [0.29, 0.717) is 17.1 Å². The van der Waals surface area contributed by atoms with Crippen LogP contribution < -0.4 is 16.0 Å². The second-order valence-electron chi connectivity index (χ2n) is 10.2. The van der Waals surface area contributed by atoms with E-state index in [1.165, 1.54) is 21.8 Å². The Morgan fingerprint density at radius 1 is 1.06 bits per heavy atom. The first-order chi connectivity index (χ1) is 17.2. The summed E-state index contributed by atoms with van der Waals surface area (Å²) in [6.45, 7) is 7.64. The van der Waals surface area contributed by atoms with Gasteiger partial charge in [-0.25, -0.2) is 9.59 Å². The van der Waals surface area contributed by atoms with Crippen LogP contribution in [0.2, 0.25) is 0 Å². The van der Waals surface area contributed by atoms with Crippen LogP contribution >= 0.6 is 22.7 Å². The number of hydrogen-bond acceptors (Lipinski definition) is 7. The molecule has 3 heterocycles. The highest BCUT2D eigenvalue weighted by atomic mass is 32.1. The fourth-order valence-corrected chi connectivity index (χ4v) is 7.40. The molecule has 1 aliphatic heterocycles. The third-order valence-electron chi connectivity index (χ3n) is 6.34. The summed E-state index contributed by atoms with van der Waals surface area (Å²) in [4.78, 5) is 29.6. The fourth-order valence-electron chi connectivity index (χ4n) is 4.79. The number of thiophene rings is 2. The van der Waals surface area contributed by atoms with Crippen molar-refractivity contribution in [3.05, 3.63) is 56.3 Å². The number of hydrogen-bond donors (Lipinski definition) is 4. The summed E-state index contributed by atoms with van der Waals surface area (Å²) in [7, 11) is 0. The van der Waals surface area contributed by atoms with Crippen molar-refractivity contribution in [2.45, 2.75) is 65.1 Å². The van der Waals surface area contributed by atoms with Gasteiger partial charge in [0, 0.05) is 27.7 Å². The Kier molecular flexibility index (Phi) is 6.80. The lowest BCUT2D eigenvalue weighted by Gasteiger charge is -2.20. The van der Waals surface area contributed by atoms with Crippen LogP contribution in [0.3, 0.4) is 0 Å². The quantitative estimate of drug-likeness (QED) is 0.325. The number of esters is 1. The lowest BCUT2D eigenvalue weighted by atomic mass is 10.00. The van der Waals surface area contributed by atoms with Crippen molar-refractivity contribution in [1.29, 1.82) is 0 Å². The van der Waals surface area contributed by atoms with E-state index in [2.05, 4.69) is 16.0 Å². The highest BCUT2D eigenvalue weighted by molar-refractivity contribution is 7.17. The standard InChI is InChI=1S/C27H31N3O4S2/c1-27(2,3)34-25(32)22-18-5-4-6-20(18)36-24(22)30-26(33)29-13-19-17-11-12-28-14-21(17)35-23(19)15-7-9-16(31)10-8-15/h7-10,28,31H,4-6,11-14H2,1-3H3,(H2,29,30,33). The maximum atomic E-state index is 13.0. The first-order valence-electron chi connectivity index (χ1n) is 12.3. The molecule has 9 heteroatoms. The zero-order valence-electron chi connectivity index (χ0n) is 20.7. The number of phenols is 1. The maximum absolute atomic E-state index is 13.0. The Morgan fingerprint density at radius 3 is 2.58 bits per heavy atom. The molecule has 0 spiro atoms. The second kappa shape index (κ2) is 9.88. The van der Waals surface area contributed by atoms with Crippen LogP contribution in [0.1, 0.15) is 64.0 Å². The Labute approximate surface area is 218 Å². The van der Waals surface area contributed by atoms with Crippen molar-refractivity contribution >= 4 is 39.7 Å². The average Bonchev–Trinajstić information content (AvgIpc) is 3.49. The molecule has 0 radical (unpaired) electrons. The van der Waals surface area contributed by atoms with Crippen molar-refractivity contribution in [2.24, 2.45) is 0 Å². The summed E-state index contributed by atoms with van der Waals surface area (Å²) >= 11 is 3.21. The number of anilines is 1. The molecular weight excluding hydrogens is 494 g/mol. The summed E-state index contributed by atoms with van der Waals surface area (Å²) < 4.78 is 5.66. The first-order valence-corrected chi connectivity index (χ1v) is 13.9. The van der Waals surface area contributed by atoms with E-state index in [-0.39, 0.29) is 17.7 Å². The van der Waals surface area contributed by atoms with Crippen LogP contribution in [0.5, 0.6) is 5.75 Å². The van der Waals surface area contributed by atoms with Crippen LogP contribution in [0, 0.1) is 0 Å². The highest BCUT2D eigenvalue weighted by Gasteiger charge is 2.31. The maximum Gasteiger partial charge on any atom is 0.341 e. The number of aromatic hydroxyl groups is 1. The molecule has 7 nitrogen and oxygen atoms in total. The Balaban J connectivity index is 1.36. The number of phenolic OH excluding ortho intramolecular Hbond substituents is 1. The normalized spacial score (nSPS) is 14.8. The van der Waals surface area contributed by atoms with Gasteiger partial charge in [-0.2, -0.15) is 0 Å². The van der Waals surface area contributed by atoms with E-state index in [9.17, 15) is 14.7 Å². The van der Waals surface area contributed by atoms with Crippen LogP contribution in [0.4, 0.5) is 9.80 Å². The first kappa shape index (κ1) is 24.8. The van der Waals surface area contributed by atoms with Gasteiger partial charge in [-0.3, -0.25) is 5.32 Å². The molecule has 0 unspecified atom stereocenters. The van der Waals surface area contributed by atoms with Crippen LogP contribution in [-0.2, 0) is 37.1 Å². The van der Waals surface area contributed by atoms with Gasteiger partial charge in [-0.15, -0.1) is 22.7 Å². The number of aryl methyl sites for hydroxylation is 1. The van der Waals surface area contributed by atoms with Gasteiger partial charge < -0.3 is 20.5 Å². The van der Waals surface area contributed by atoms with E-state index in [1.54, 1.807) is 23.5 Å². The molecule has 1 aromatic carbocycles. The predicted molar refractivity (Wildman–Crippen MR) is 144 cm³/mol. The number of benzene rings is 1. The lowest BCUT2D eigenvalue weighted by Crippen LogP contribution is -2.30. The Morgan fingerprint density at radius 2 is 1.83 bits per heavy atom. The van der Waals surface area contributed by atoms with Crippen LogP contribution in [0.15, 0.2) is 24.3 Å². The molecule has 36 heavy (non-hydrogen) atoms. The molecule has 0 saturated carbocycles. The van der Waals surface area contributed by atoms with Crippen LogP contribution in [-0.4, -0.2) is 29.3 Å². The van der Waals surface area contributed by atoms with Crippen molar-refractivity contribution in [1.82, 2.24) is 10.6 Å². The molecule has 2 aromatic heterocycles. The molecule has 0 fully saturated rings. The van der Waals surface area contributed by atoms with E-state index >= 15 is 0 Å². The largest absolute Gasteiger partial charge is 0.508 e. The van der Waals surface area contributed by atoms with Gasteiger partial charge in [0.15, 0.2) is 0 Å². The van der Waals surface area contributed by atoms with E-state index in [1.807, 2.05) is 32.9 Å². The number of carbonyl (C=O) groups excluding carboxylic acids is 2. The molecule has 3 aromatic rings. The van der Waals surface area contributed by atoms with Crippen LogP contribution in [0.25, 0.3) is 10.4 Å².